The van der Waals surface area contributed by atoms with Gasteiger partial charge in [0.25, 0.3) is 0 Å². The second-order valence-corrected chi connectivity index (χ2v) is 5.52. The van der Waals surface area contributed by atoms with Crippen LogP contribution in [0.4, 0.5) is 8.78 Å². The predicted octanol–water partition coefficient (Wildman–Crippen LogP) is 4.07. The molecule has 0 atom stereocenters. The number of ether oxygens (including phenoxy) is 1. The summed E-state index contributed by atoms with van der Waals surface area (Å²) in [5.41, 5.74) is 1.71. The molecule has 0 aliphatic heterocycles. The fraction of sp³-hybridized carbons (Fsp3) is 0.250. The predicted molar refractivity (Wildman–Crippen MR) is 82.5 cm³/mol. The zero-order chi connectivity index (χ0) is 15.2. The highest BCUT2D eigenvalue weighted by molar-refractivity contribution is 9.10. The minimum Gasteiger partial charge on any atom is -0.497 e. The van der Waals surface area contributed by atoms with E-state index in [0.29, 0.717) is 25.1 Å². The zero-order valence-corrected chi connectivity index (χ0v) is 13.2. The molecule has 112 valence electrons. The van der Waals surface area contributed by atoms with Crippen molar-refractivity contribution in [2.75, 3.05) is 13.7 Å². The van der Waals surface area contributed by atoms with E-state index in [1.54, 1.807) is 7.11 Å². The van der Waals surface area contributed by atoms with Crippen LogP contribution >= 0.6 is 15.9 Å². The Morgan fingerprint density at radius 1 is 1.10 bits per heavy atom. The molecule has 0 amide bonds. The molecule has 0 saturated carbocycles. The molecule has 0 spiro atoms. The molecule has 0 radical (unpaired) electrons. The summed E-state index contributed by atoms with van der Waals surface area (Å²) < 4.78 is 32.3. The van der Waals surface area contributed by atoms with Gasteiger partial charge in [0.2, 0.25) is 0 Å². The van der Waals surface area contributed by atoms with Crippen molar-refractivity contribution in [3.05, 3.63) is 63.6 Å². The standard InChI is InChI=1S/C16H16BrF2NO/c1-21-15-2-3-16(17)12(8-15)10-20-5-4-11-6-13(18)9-14(19)7-11/h2-3,6-9,20H,4-5,10H2,1H3. The van der Waals surface area contributed by atoms with Gasteiger partial charge in [-0.05, 0) is 54.4 Å². The maximum absolute atomic E-state index is 13.1. The summed E-state index contributed by atoms with van der Waals surface area (Å²) >= 11 is 3.48. The maximum atomic E-state index is 13.1. The highest BCUT2D eigenvalue weighted by Gasteiger charge is 2.03. The number of methoxy groups -OCH3 is 1. The highest BCUT2D eigenvalue weighted by atomic mass is 79.9. The van der Waals surface area contributed by atoms with Crippen LogP contribution in [0.1, 0.15) is 11.1 Å². The van der Waals surface area contributed by atoms with Crippen molar-refractivity contribution in [3.63, 3.8) is 0 Å². The van der Waals surface area contributed by atoms with E-state index in [9.17, 15) is 8.78 Å². The van der Waals surface area contributed by atoms with Crippen LogP contribution in [0.3, 0.4) is 0 Å². The highest BCUT2D eigenvalue weighted by Crippen LogP contribution is 2.22. The lowest BCUT2D eigenvalue weighted by molar-refractivity contribution is 0.414. The van der Waals surface area contributed by atoms with Gasteiger partial charge in [-0.1, -0.05) is 15.9 Å². The van der Waals surface area contributed by atoms with Crippen LogP contribution in [0.25, 0.3) is 0 Å². The molecule has 2 aromatic rings. The van der Waals surface area contributed by atoms with Crippen molar-refractivity contribution >= 4 is 15.9 Å². The van der Waals surface area contributed by atoms with E-state index < -0.39 is 11.6 Å². The Bertz CT molecular complexity index is 599. The topological polar surface area (TPSA) is 21.3 Å². The van der Waals surface area contributed by atoms with Gasteiger partial charge < -0.3 is 10.1 Å². The molecule has 0 bridgehead atoms. The first kappa shape index (κ1) is 15.9. The van der Waals surface area contributed by atoms with Gasteiger partial charge in [0, 0.05) is 17.1 Å². The van der Waals surface area contributed by atoms with Crippen molar-refractivity contribution in [1.82, 2.24) is 5.32 Å². The first-order chi connectivity index (χ1) is 10.1. The third-order valence-electron chi connectivity index (χ3n) is 3.08. The van der Waals surface area contributed by atoms with E-state index in [1.165, 1.54) is 12.1 Å². The molecule has 0 fully saturated rings. The molecule has 0 unspecified atom stereocenters. The van der Waals surface area contributed by atoms with Crippen LogP contribution in [-0.4, -0.2) is 13.7 Å². The smallest absolute Gasteiger partial charge is 0.126 e. The lowest BCUT2D eigenvalue weighted by atomic mass is 10.1. The first-order valence-corrected chi connectivity index (χ1v) is 7.36. The Kier molecular flexibility index (Phi) is 5.70. The number of nitrogens with one attached hydrogen (secondary N) is 1. The van der Waals surface area contributed by atoms with Crippen molar-refractivity contribution < 1.29 is 13.5 Å². The monoisotopic (exact) mass is 355 g/mol. The van der Waals surface area contributed by atoms with Crippen LogP contribution < -0.4 is 10.1 Å². The summed E-state index contributed by atoms with van der Waals surface area (Å²) in [7, 11) is 1.62. The molecule has 1 N–H and O–H groups in total. The van der Waals surface area contributed by atoms with Gasteiger partial charge in [0.1, 0.15) is 17.4 Å². The van der Waals surface area contributed by atoms with E-state index in [0.717, 1.165) is 21.9 Å². The van der Waals surface area contributed by atoms with Crippen molar-refractivity contribution in [3.8, 4) is 5.75 Å². The largest absolute Gasteiger partial charge is 0.497 e. The van der Waals surface area contributed by atoms with Crippen LogP contribution in [0.5, 0.6) is 5.75 Å². The summed E-state index contributed by atoms with van der Waals surface area (Å²) in [6.45, 7) is 1.28. The van der Waals surface area contributed by atoms with Gasteiger partial charge in [-0.3, -0.25) is 0 Å². The lowest BCUT2D eigenvalue weighted by Crippen LogP contribution is -2.17. The molecule has 2 aromatic carbocycles. The molecule has 21 heavy (non-hydrogen) atoms. The first-order valence-electron chi connectivity index (χ1n) is 6.56. The SMILES string of the molecule is COc1ccc(Br)c(CNCCc2cc(F)cc(F)c2)c1. The molecule has 2 rings (SSSR count). The molecule has 0 aliphatic rings. The van der Waals surface area contributed by atoms with Gasteiger partial charge in [0.15, 0.2) is 0 Å². The molecule has 2 nitrogen and oxygen atoms in total. The molecular formula is C16H16BrF2NO. The summed E-state index contributed by atoms with van der Waals surface area (Å²) in [6.07, 6.45) is 0.566. The second-order valence-electron chi connectivity index (χ2n) is 4.66. The normalized spacial score (nSPS) is 10.7. The minimum absolute atomic E-state index is 0.541. The summed E-state index contributed by atoms with van der Waals surface area (Å²) in [5, 5.41) is 3.25. The van der Waals surface area contributed by atoms with Crippen molar-refractivity contribution in [1.29, 1.82) is 0 Å². The van der Waals surface area contributed by atoms with Crippen LogP contribution in [0.15, 0.2) is 40.9 Å². The Balaban J connectivity index is 1.87. The van der Waals surface area contributed by atoms with Gasteiger partial charge in [-0.25, -0.2) is 8.78 Å². The third-order valence-corrected chi connectivity index (χ3v) is 3.85. The Hall–Kier alpha value is -1.46. The molecule has 0 aliphatic carbocycles. The summed E-state index contributed by atoms with van der Waals surface area (Å²) in [5.74, 6) is -0.289. The number of benzene rings is 2. The summed E-state index contributed by atoms with van der Waals surface area (Å²) in [4.78, 5) is 0. The quantitative estimate of drug-likeness (QED) is 0.788. The molecule has 0 saturated heterocycles. The van der Waals surface area contributed by atoms with E-state index in [-0.39, 0.29) is 0 Å². The molecule has 0 aromatic heterocycles. The maximum Gasteiger partial charge on any atom is 0.126 e. The Morgan fingerprint density at radius 2 is 1.81 bits per heavy atom. The van der Waals surface area contributed by atoms with E-state index in [2.05, 4.69) is 21.2 Å². The number of hydrogen-bond donors (Lipinski definition) is 1. The Labute approximate surface area is 131 Å². The number of halogens is 3. The van der Waals surface area contributed by atoms with Gasteiger partial charge in [0.05, 0.1) is 7.11 Å². The average molecular weight is 356 g/mol. The van der Waals surface area contributed by atoms with Crippen LogP contribution in [0.2, 0.25) is 0 Å². The van der Waals surface area contributed by atoms with Crippen LogP contribution in [0, 0.1) is 11.6 Å². The number of rotatable bonds is 6. The van der Waals surface area contributed by atoms with Gasteiger partial charge >= 0.3 is 0 Å². The third kappa shape index (κ3) is 4.79. The number of hydrogen-bond acceptors (Lipinski definition) is 2. The van der Waals surface area contributed by atoms with Gasteiger partial charge in [-0.2, -0.15) is 0 Å². The molecule has 0 heterocycles. The fourth-order valence-electron chi connectivity index (χ4n) is 2.02. The zero-order valence-electron chi connectivity index (χ0n) is 11.6. The second kappa shape index (κ2) is 7.52. The van der Waals surface area contributed by atoms with Crippen LogP contribution in [-0.2, 0) is 13.0 Å². The van der Waals surface area contributed by atoms with E-state index in [4.69, 9.17) is 4.74 Å². The molecular weight excluding hydrogens is 340 g/mol. The van der Waals surface area contributed by atoms with E-state index >= 15 is 0 Å². The van der Waals surface area contributed by atoms with Crippen molar-refractivity contribution in [2.45, 2.75) is 13.0 Å². The summed E-state index contributed by atoms with van der Waals surface area (Å²) in [6, 6.07) is 9.34. The van der Waals surface area contributed by atoms with E-state index in [1.807, 2.05) is 18.2 Å². The minimum atomic E-state index is -0.541. The molecule has 5 heteroatoms. The van der Waals surface area contributed by atoms with Crippen molar-refractivity contribution in [2.24, 2.45) is 0 Å². The van der Waals surface area contributed by atoms with Gasteiger partial charge in [-0.15, -0.1) is 0 Å². The lowest BCUT2D eigenvalue weighted by Gasteiger charge is -2.09. The Morgan fingerprint density at radius 3 is 2.48 bits per heavy atom. The fourth-order valence-corrected chi connectivity index (χ4v) is 2.41. The average Bonchev–Trinajstić information content (AvgIpc) is 2.44.